The van der Waals surface area contributed by atoms with Gasteiger partial charge in [0.2, 0.25) is 0 Å². The van der Waals surface area contributed by atoms with E-state index in [2.05, 4.69) is 27.8 Å². The van der Waals surface area contributed by atoms with Crippen LogP contribution in [0.2, 0.25) is 0 Å². The Balaban J connectivity index is 1.89. The molecule has 0 saturated heterocycles. The molecule has 180 valence electrons. The summed E-state index contributed by atoms with van der Waals surface area (Å²) in [7, 11) is 0. The fourth-order valence-electron chi connectivity index (χ4n) is 3.30. The number of nitrogens with one attached hydrogen (secondary N) is 4. The molecule has 0 atom stereocenters. The molecule has 0 aromatic heterocycles. The van der Waals surface area contributed by atoms with Gasteiger partial charge >= 0.3 is 18.0 Å². The molecule has 0 radical (unpaired) electrons. The number of anilines is 2. The topological polar surface area (TPSA) is 109 Å². The van der Waals surface area contributed by atoms with Crippen LogP contribution in [0.25, 0.3) is 0 Å². The third-order valence-corrected chi connectivity index (χ3v) is 4.92. The molecule has 3 aromatic carbocycles. The van der Waals surface area contributed by atoms with E-state index in [1.165, 1.54) is 6.92 Å². The van der Waals surface area contributed by atoms with Crippen molar-refractivity contribution in [2.75, 3.05) is 17.2 Å². The summed E-state index contributed by atoms with van der Waals surface area (Å²) in [6.45, 7) is 4.78. The van der Waals surface area contributed by atoms with Gasteiger partial charge in [0.1, 0.15) is 6.61 Å². The van der Waals surface area contributed by atoms with Crippen LogP contribution < -0.4 is 21.3 Å². The van der Waals surface area contributed by atoms with Crippen molar-refractivity contribution in [3.63, 3.8) is 0 Å². The number of rotatable bonds is 9. The van der Waals surface area contributed by atoms with Crippen molar-refractivity contribution in [1.29, 1.82) is 0 Å². The lowest BCUT2D eigenvalue weighted by atomic mass is 10.00. The molecule has 0 aliphatic rings. The van der Waals surface area contributed by atoms with Crippen molar-refractivity contribution in [2.24, 2.45) is 0 Å². The molecule has 0 unspecified atom stereocenters. The molecule has 0 bridgehead atoms. The molecule has 0 spiro atoms. The fraction of sp³-hybridized carbons (Fsp3) is 0.148. The van der Waals surface area contributed by atoms with Crippen LogP contribution in [0.1, 0.15) is 12.5 Å². The maximum Gasteiger partial charge on any atom is 0.333 e. The van der Waals surface area contributed by atoms with Gasteiger partial charge in [0.05, 0.1) is 0 Å². The first kappa shape index (κ1) is 25.0. The van der Waals surface area contributed by atoms with Crippen LogP contribution in [0.15, 0.2) is 103 Å². The van der Waals surface area contributed by atoms with Gasteiger partial charge in [-0.1, -0.05) is 73.3 Å². The highest BCUT2D eigenvalue weighted by Crippen LogP contribution is 2.16. The minimum atomic E-state index is -1.48. The molecule has 3 rings (SSSR count). The summed E-state index contributed by atoms with van der Waals surface area (Å²) in [5.41, 5.74) is 0.641. The highest BCUT2D eigenvalue weighted by Gasteiger charge is 2.36. The van der Waals surface area contributed by atoms with Crippen LogP contribution in [0.5, 0.6) is 0 Å². The standard InChI is InChI=1S/C27H28N4O4/c1-20(2)24(32)35-19-27(18-21-12-6-3-7-13-21,30-25(33)28-22-14-8-4-9-15-22)31-26(34)29-23-16-10-5-11-17-23/h3-17H,1,18-19H2,2H3,(H2,28,30,33)(H2,29,31,34). The highest BCUT2D eigenvalue weighted by atomic mass is 16.5. The van der Waals surface area contributed by atoms with Crippen molar-refractivity contribution in [3.05, 3.63) is 109 Å². The van der Waals surface area contributed by atoms with E-state index >= 15 is 0 Å². The Morgan fingerprint density at radius 2 is 1.17 bits per heavy atom. The van der Waals surface area contributed by atoms with E-state index in [-0.39, 0.29) is 18.6 Å². The first-order chi connectivity index (χ1) is 16.8. The summed E-state index contributed by atoms with van der Waals surface area (Å²) in [6, 6.07) is 25.8. The van der Waals surface area contributed by atoms with E-state index in [4.69, 9.17) is 4.74 Å². The Labute approximate surface area is 204 Å². The van der Waals surface area contributed by atoms with Crippen molar-refractivity contribution in [2.45, 2.75) is 19.0 Å². The summed E-state index contributed by atoms with van der Waals surface area (Å²) in [4.78, 5) is 38.2. The number of carbonyl (C=O) groups excluding carboxylic acids is 3. The molecule has 3 aromatic rings. The van der Waals surface area contributed by atoms with Gasteiger partial charge in [0.15, 0.2) is 5.66 Å². The van der Waals surface area contributed by atoms with E-state index < -0.39 is 23.7 Å². The zero-order chi connectivity index (χ0) is 25.1. The molecule has 0 fully saturated rings. The molecule has 4 amide bonds. The SMILES string of the molecule is C=C(C)C(=O)OCC(Cc1ccccc1)(NC(=O)Nc1ccccc1)NC(=O)Nc1ccccc1. The Kier molecular flexibility index (Phi) is 8.61. The third-order valence-electron chi connectivity index (χ3n) is 4.92. The van der Waals surface area contributed by atoms with Crippen molar-refractivity contribution >= 4 is 29.4 Å². The van der Waals surface area contributed by atoms with Gasteiger partial charge < -0.3 is 26.0 Å². The highest BCUT2D eigenvalue weighted by molar-refractivity contribution is 5.92. The summed E-state index contributed by atoms with van der Waals surface area (Å²) >= 11 is 0. The number of para-hydroxylation sites is 2. The fourth-order valence-corrected chi connectivity index (χ4v) is 3.30. The molecule has 0 heterocycles. The van der Waals surface area contributed by atoms with E-state index in [9.17, 15) is 14.4 Å². The van der Waals surface area contributed by atoms with Gasteiger partial charge in [-0.15, -0.1) is 0 Å². The number of esters is 1. The molecule has 0 aliphatic carbocycles. The number of urea groups is 2. The van der Waals surface area contributed by atoms with Gasteiger partial charge in [0.25, 0.3) is 0 Å². The summed E-state index contributed by atoms with van der Waals surface area (Å²) in [5, 5.41) is 11.1. The van der Waals surface area contributed by atoms with Gasteiger partial charge in [0, 0.05) is 23.4 Å². The second-order valence-electron chi connectivity index (χ2n) is 7.99. The first-order valence-electron chi connectivity index (χ1n) is 11.0. The van der Waals surface area contributed by atoms with Gasteiger partial charge in [-0.3, -0.25) is 0 Å². The molecule has 8 nitrogen and oxygen atoms in total. The minimum Gasteiger partial charge on any atom is -0.458 e. The normalized spacial score (nSPS) is 10.5. The maximum absolute atomic E-state index is 13.0. The average Bonchev–Trinajstić information content (AvgIpc) is 2.84. The number of hydrogen-bond donors (Lipinski definition) is 4. The van der Waals surface area contributed by atoms with Gasteiger partial charge in [-0.05, 0) is 36.8 Å². The minimum absolute atomic E-state index is 0.141. The first-order valence-corrected chi connectivity index (χ1v) is 11.0. The van der Waals surface area contributed by atoms with E-state index in [0.717, 1.165) is 5.56 Å². The van der Waals surface area contributed by atoms with Crippen molar-refractivity contribution < 1.29 is 19.1 Å². The lowest BCUT2D eigenvalue weighted by Gasteiger charge is -2.35. The number of hydrogen-bond acceptors (Lipinski definition) is 4. The second kappa shape index (κ2) is 12.0. The molecule has 4 N–H and O–H groups in total. The van der Waals surface area contributed by atoms with Crippen molar-refractivity contribution in [3.8, 4) is 0 Å². The van der Waals surface area contributed by atoms with Gasteiger partial charge in [-0.25, -0.2) is 14.4 Å². The largest absolute Gasteiger partial charge is 0.458 e. The van der Waals surface area contributed by atoms with Crippen LogP contribution in [-0.2, 0) is 16.0 Å². The summed E-state index contributed by atoms with van der Waals surface area (Å²) in [5.74, 6) is -0.641. The Morgan fingerprint density at radius 3 is 1.60 bits per heavy atom. The number of carbonyl (C=O) groups is 3. The van der Waals surface area contributed by atoms with Crippen LogP contribution >= 0.6 is 0 Å². The maximum atomic E-state index is 13.0. The smallest absolute Gasteiger partial charge is 0.333 e. The predicted octanol–water partition coefficient (Wildman–Crippen LogP) is 4.69. The van der Waals surface area contributed by atoms with Crippen LogP contribution in [0, 0.1) is 0 Å². The Hall–Kier alpha value is -4.59. The van der Waals surface area contributed by atoms with Crippen LogP contribution in [-0.4, -0.2) is 30.3 Å². The zero-order valence-corrected chi connectivity index (χ0v) is 19.4. The molecule has 35 heavy (non-hydrogen) atoms. The van der Waals surface area contributed by atoms with E-state index in [1.54, 1.807) is 48.5 Å². The summed E-state index contributed by atoms with van der Waals surface area (Å²) < 4.78 is 5.42. The summed E-state index contributed by atoms with van der Waals surface area (Å²) in [6.07, 6.45) is 0.141. The van der Waals surface area contributed by atoms with Crippen LogP contribution in [0.3, 0.4) is 0 Å². The number of ether oxygens (including phenoxy) is 1. The second-order valence-corrected chi connectivity index (χ2v) is 7.99. The zero-order valence-electron chi connectivity index (χ0n) is 19.4. The molecule has 0 aliphatic heterocycles. The lowest BCUT2D eigenvalue weighted by Crippen LogP contribution is -2.66. The van der Waals surface area contributed by atoms with E-state index in [0.29, 0.717) is 11.4 Å². The Morgan fingerprint density at radius 1 is 0.743 bits per heavy atom. The molecular weight excluding hydrogens is 444 g/mol. The Bertz CT molecular complexity index is 1100. The van der Waals surface area contributed by atoms with Crippen molar-refractivity contribution in [1.82, 2.24) is 10.6 Å². The molecular formula is C27H28N4O4. The lowest BCUT2D eigenvalue weighted by molar-refractivity contribution is -0.141. The number of amides is 4. The molecule has 0 saturated carbocycles. The van der Waals surface area contributed by atoms with E-state index in [1.807, 2.05) is 42.5 Å². The number of benzene rings is 3. The average molecular weight is 473 g/mol. The van der Waals surface area contributed by atoms with Gasteiger partial charge in [-0.2, -0.15) is 0 Å². The van der Waals surface area contributed by atoms with Crippen LogP contribution in [0.4, 0.5) is 21.0 Å². The quantitative estimate of drug-likeness (QED) is 0.206. The monoisotopic (exact) mass is 472 g/mol. The third kappa shape index (κ3) is 8.04. The molecule has 8 heteroatoms. The predicted molar refractivity (Wildman–Crippen MR) is 136 cm³/mol.